The molecule has 0 aliphatic rings. The second-order valence-corrected chi connectivity index (χ2v) is 5.47. The zero-order valence-corrected chi connectivity index (χ0v) is 13.2. The number of ether oxygens (including phenoxy) is 1. The molecule has 0 spiro atoms. The number of hydrogen-bond acceptors (Lipinski definition) is 2. The maximum absolute atomic E-state index is 14.2. The molecule has 3 rings (SSSR count). The first-order valence-corrected chi connectivity index (χ1v) is 7.19. The number of carbonyl (C=O) groups excluding carboxylic acids is 1. The maximum Gasteiger partial charge on any atom is 0.269 e. The molecule has 23 heavy (non-hydrogen) atoms. The number of fused-ring (bicyclic) bond motifs is 1. The quantitative estimate of drug-likeness (QED) is 0.802. The Morgan fingerprint density at radius 2 is 1.87 bits per heavy atom. The van der Waals surface area contributed by atoms with Crippen LogP contribution in [0.5, 0.6) is 5.75 Å². The molecular weight excluding hydrogens is 295 g/mol. The molecule has 3 aromatic rings. The smallest absolute Gasteiger partial charge is 0.269 e. The van der Waals surface area contributed by atoms with Crippen molar-refractivity contribution >= 4 is 16.8 Å². The van der Waals surface area contributed by atoms with E-state index in [2.05, 4.69) is 4.98 Å². The summed E-state index contributed by atoms with van der Waals surface area (Å²) in [5, 5.41) is 0.653. The summed E-state index contributed by atoms with van der Waals surface area (Å²) in [4.78, 5) is 16.5. The molecule has 0 fully saturated rings. The molecule has 0 radical (unpaired) electrons. The zero-order valence-electron chi connectivity index (χ0n) is 13.2. The molecule has 1 N–H and O–H groups in total. The van der Waals surface area contributed by atoms with Crippen LogP contribution < -0.4 is 4.74 Å². The summed E-state index contributed by atoms with van der Waals surface area (Å²) in [6.45, 7) is 0. The van der Waals surface area contributed by atoms with Crippen LogP contribution in [0.1, 0.15) is 10.5 Å². The number of nitrogens with one attached hydrogen (secondary N) is 1. The summed E-state index contributed by atoms with van der Waals surface area (Å²) < 4.78 is 19.5. The number of halogens is 1. The summed E-state index contributed by atoms with van der Waals surface area (Å²) in [6.07, 6.45) is 0. The van der Waals surface area contributed by atoms with Crippen molar-refractivity contribution in [1.82, 2.24) is 9.88 Å². The highest BCUT2D eigenvalue weighted by Gasteiger charge is 2.17. The molecule has 0 bridgehead atoms. The van der Waals surface area contributed by atoms with Crippen molar-refractivity contribution in [3.63, 3.8) is 0 Å². The molecule has 1 heterocycles. The van der Waals surface area contributed by atoms with Crippen LogP contribution in [0.25, 0.3) is 22.0 Å². The summed E-state index contributed by atoms with van der Waals surface area (Å²) in [7, 11) is 4.91. The molecule has 0 atom stereocenters. The molecular formula is C18H17FN2O2. The molecule has 2 aromatic carbocycles. The van der Waals surface area contributed by atoms with Gasteiger partial charge < -0.3 is 14.6 Å². The molecule has 4 nitrogen and oxygen atoms in total. The van der Waals surface area contributed by atoms with Crippen LogP contribution in [0, 0.1) is 5.82 Å². The molecule has 1 amide bonds. The molecule has 0 saturated heterocycles. The Kier molecular flexibility index (Phi) is 3.78. The van der Waals surface area contributed by atoms with Gasteiger partial charge in [-0.15, -0.1) is 0 Å². The highest BCUT2D eigenvalue weighted by Crippen LogP contribution is 2.36. The van der Waals surface area contributed by atoms with Gasteiger partial charge in [-0.3, -0.25) is 4.79 Å². The first-order valence-electron chi connectivity index (χ1n) is 7.19. The topological polar surface area (TPSA) is 45.3 Å². The minimum atomic E-state index is -0.392. The SMILES string of the molecule is COc1ccccc1-c1ccc(F)c2[nH]c(C(=O)N(C)C)cc12. The van der Waals surface area contributed by atoms with Crippen molar-refractivity contribution in [1.29, 1.82) is 0 Å². The van der Waals surface area contributed by atoms with E-state index < -0.39 is 5.82 Å². The van der Waals surface area contributed by atoms with Crippen LogP contribution in [-0.4, -0.2) is 37.0 Å². The second-order valence-electron chi connectivity index (χ2n) is 5.47. The van der Waals surface area contributed by atoms with E-state index in [1.54, 1.807) is 33.3 Å². The molecule has 0 unspecified atom stereocenters. The Bertz CT molecular complexity index is 884. The van der Waals surface area contributed by atoms with E-state index in [0.717, 1.165) is 11.1 Å². The number of benzene rings is 2. The lowest BCUT2D eigenvalue weighted by atomic mass is 10.0. The van der Waals surface area contributed by atoms with E-state index in [-0.39, 0.29) is 5.91 Å². The Morgan fingerprint density at radius 1 is 1.13 bits per heavy atom. The lowest BCUT2D eigenvalue weighted by Crippen LogP contribution is -2.21. The average Bonchev–Trinajstić information content (AvgIpc) is 3.00. The van der Waals surface area contributed by atoms with Crippen LogP contribution in [-0.2, 0) is 0 Å². The molecule has 118 valence electrons. The number of nitrogens with zero attached hydrogens (tertiary/aromatic N) is 1. The fraction of sp³-hybridized carbons (Fsp3) is 0.167. The van der Waals surface area contributed by atoms with Crippen LogP contribution >= 0.6 is 0 Å². The van der Waals surface area contributed by atoms with E-state index in [9.17, 15) is 9.18 Å². The van der Waals surface area contributed by atoms with Crippen molar-refractivity contribution in [2.24, 2.45) is 0 Å². The number of carbonyl (C=O) groups is 1. The number of para-hydroxylation sites is 1. The third-order valence-corrected chi connectivity index (χ3v) is 3.78. The largest absolute Gasteiger partial charge is 0.496 e. The fourth-order valence-corrected chi connectivity index (χ4v) is 2.64. The summed E-state index contributed by atoms with van der Waals surface area (Å²) in [5.74, 6) is 0.102. The maximum atomic E-state index is 14.2. The predicted octanol–water partition coefficient (Wildman–Crippen LogP) is 3.68. The minimum Gasteiger partial charge on any atom is -0.496 e. The van der Waals surface area contributed by atoms with Gasteiger partial charge in [0.1, 0.15) is 17.3 Å². The van der Waals surface area contributed by atoms with Crippen molar-refractivity contribution in [2.45, 2.75) is 0 Å². The molecule has 1 aromatic heterocycles. The number of rotatable bonds is 3. The normalized spacial score (nSPS) is 10.8. The Morgan fingerprint density at radius 3 is 2.57 bits per heavy atom. The van der Waals surface area contributed by atoms with Crippen LogP contribution in [0.2, 0.25) is 0 Å². The highest BCUT2D eigenvalue weighted by atomic mass is 19.1. The Balaban J connectivity index is 2.26. The van der Waals surface area contributed by atoms with Gasteiger partial charge in [-0.25, -0.2) is 4.39 Å². The van der Waals surface area contributed by atoms with Gasteiger partial charge in [0.05, 0.1) is 12.6 Å². The van der Waals surface area contributed by atoms with Crippen LogP contribution in [0.3, 0.4) is 0 Å². The van der Waals surface area contributed by atoms with Gasteiger partial charge >= 0.3 is 0 Å². The standard InChI is InChI=1S/C18H17FN2O2/c1-21(2)18(22)15-10-13-11(8-9-14(19)17(13)20-15)12-6-4-5-7-16(12)23-3/h4-10,20H,1-3H3. The van der Waals surface area contributed by atoms with Gasteiger partial charge in [0.25, 0.3) is 5.91 Å². The predicted molar refractivity (Wildman–Crippen MR) is 88.3 cm³/mol. The van der Waals surface area contributed by atoms with E-state index in [1.165, 1.54) is 11.0 Å². The van der Waals surface area contributed by atoms with Crippen molar-refractivity contribution in [2.75, 3.05) is 21.2 Å². The highest BCUT2D eigenvalue weighted by molar-refractivity contribution is 6.03. The van der Waals surface area contributed by atoms with Gasteiger partial charge in [0.2, 0.25) is 0 Å². The third-order valence-electron chi connectivity index (χ3n) is 3.78. The Labute approximate surface area is 133 Å². The van der Waals surface area contributed by atoms with Crippen LogP contribution in [0.4, 0.5) is 4.39 Å². The van der Waals surface area contributed by atoms with Crippen molar-refractivity contribution < 1.29 is 13.9 Å². The van der Waals surface area contributed by atoms with Gasteiger partial charge in [0, 0.05) is 25.0 Å². The number of amides is 1. The first-order chi connectivity index (χ1) is 11.0. The molecule has 0 aliphatic carbocycles. The number of hydrogen-bond donors (Lipinski definition) is 1. The zero-order chi connectivity index (χ0) is 16.6. The van der Waals surface area contributed by atoms with Crippen molar-refractivity contribution in [3.05, 3.63) is 54.0 Å². The first kappa shape index (κ1) is 15.1. The lowest BCUT2D eigenvalue weighted by molar-refractivity contribution is 0.0823. The third kappa shape index (κ3) is 2.54. The fourth-order valence-electron chi connectivity index (χ4n) is 2.64. The van der Waals surface area contributed by atoms with E-state index in [1.807, 2.05) is 24.3 Å². The summed E-state index contributed by atoms with van der Waals surface area (Å²) in [5.41, 5.74) is 2.33. The van der Waals surface area contributed by atoms with Gasteiger partial charge in [-0.2, -0.15) is 0 Å². The van der Waals surface area contributed by atoms with E-state index in [0.29, 0.717) is 22.3 Å². The van der Waals surface area contributed by atoms with Crippen LogP contribution in [0.15, 0.2) is 42.5 Å². The monoisotopic (exact) mass is 312 g/mol. The van der Waals surface area contributed by atoms with Crippen molar-refractivity contribution in [3.8, 4) is 16.9 Å². The second kappa shape index (κ2) is 5.76. The number of methoxy groups -OCH3 is 1. The summed E-state index contributed by atoms with van der Waals surface area (Å²) >= 11 is 0. The van der Waals surface area contributed by atoms with Gasteiger partial charge in [-0.05, 0) is 23.8 Å². The molecule has 5 heteroatoms. The van der Waals surface area contributed by atoms with E-state index >= 15 is 0 Å². The molecule has 0 saturated carbocycles. The summed E-state index contributed by atoms with van der Waals surface area (Å²) in [6, 6.07) is 12.3. The Hall–Kier alpha value is -2.82. The number of aromatic nitrogens is 1. The average molecular weight is 312 g/mol. The van der Waals surface area contributed by atoms with Gasteiger partial charge in [-0.1, -0.05) is 24.3 Å². The molecule has 0 aliphatic heterocycles. The lowest BCUT2D eigenvalue weighted by Gasteiger charge is -2.09. The minimum absolute atomic E-state index is 0.202. The number of H-pyrrole nitrogens is 1. The van der Waals surface area contributed by atoms with Gasteiger partial charge in [0.15, 0.2) is 0 Å². The van der Waals surface area contributed by atoms with E-state index in [4.69, 9.17) is 4.74 Å². The number of aromatic amines is 1.